The number of hydrogen-bond donors (Lipinski definition) is 2. The lowest BCUT2D eigenvalue weighted by Gasteiger charge is -2.47. The molecule has 0 radical (unpaired) electrons. The number of piperidine rings is 2. The zero-order valence-electron chi connectivity index (χ0n) is 19.1. The Hall–Kier alpha value is -2.12. The van der Waals surface area contributed by atoms with Gasteiger partial charge in [-0.1, -0.05) is 25.3 Å². The van der Waals surface area contributed by atoms with Crippen molar-refractivity contribution in [2.24, 2.45) is 0 Å². The quantitative estimate of drug-likeness (QED) is 0.768. The Balaban J connectivity index is 1.25. The number of fused-ring (bicyclic) bond motifs is 3. The lowest BCUT2D eigenvalue weighted by atomic mass is 9.82. The smallest absolute Gasteiger partial charge is 0.298 e. The number of aromatic nitrogens is 1. The molecule has 1 saturated carbocycles. The second kappa shape index (κ2) is 8.03. The van der Waals surface area contributed by atoms with E-state index in [4.69, 9.17) is 9.40 Å². The second-order valence-corrected chi connectivity index (χ2v) is 10.5. The van der Waals surface area contributed by atoms with Crippen LogP contribution in [-0.4, -0.2) is 66.1 Å². The molecule has 1 amide bonds. The van der Waals surface area contributed by atoms with Crippen LogP contribution in [0.2, 0.25) is 0 Å². The van der Waals surface area contributed by atoms with E-state index in [9.17, 15) is 4.79 Å². The number of rotatable bonds is 3. The molecule has 1 aromatic heterocycles. The van der Waals surface area contributed by atoms with E-state index >= 15 is 0 Å². The van der Waals surface area contributed by atoms with Crippen molar-refractivity contribution in [1.82, 2.24) is 20.5 Å². The third-order valence-electron chi connectivity index (χ3n) is 8.63. The Morgan fingerprint density at radius 1 is 1.19 bits per heavy atom. The predicted octanol–water partition coefficient (Wildman–Crippen LogP) is 3.30. The molecular formula is C25H35N5O2. The Morgan fingerprint density at radius 2 is 1.97 bits per heavy atom. The maximum Gasteiger partial charge on any atom is 0.298 e. The number of hydrogen-bond acceptors (Lipinski definition) is 6. The average molecular weight is 438 g/mol. The Kier molecular flexibility index (Phi) is 5.14. The fraction of sp³-hybridized carbons (Fsp3) is 0.680. The molecule has 3 aliphatic heterocycles. The number of anilines is 1. The number of amides is 1. The van der Waals surface area contributed by atoms with Crippen LogP contribution in [-0.2, 0) is 0 Å². The summed E-state index contributed by atoms with van der Waals surface area (Å²) < 4.78 is 6.25. The van der Waals surface area contributed by atoms with Crippen LogP contribution in [0.3, 0.4) is 0 Å². The monoisotopic (exact) mass is 437 g/mol. The van der Waals surface area contributed by atoms with E-state index in [0.29, 0.717) is 34.8 Å². The number of oxazole rings is 1. The molecule has 1 aromatic carbocycles. The third kappa shape index (κ3) is 3.41. The molecule has 4 aliphatic rings. The first-order chi connectivity index (χ1) is 15.6. The van der Waals surface area contributed by atoms with Gasteiger partial charge in [0.2, 0.25) is 0 Å². The van der Waals surface area contributed by atoms with Gasteiger partial charge in [0.15, 0.2) is 5.58 Å². The van der Waals surface area contributed by atoms with Crippen LogP contribution in [0.5, 0.6) is 0 Å². The highest BCUT2D eigenvalue weighted by Gasteiger charge is 2.43. The fourth-order valence-corrected chi connectivity index (χ4v) is 6.86. The minimum Gasteiger partial charge on any atom is -0.423 e. The highest BCUT2D eigenvalue weighted by atomic mass is 16.4. The summed E-state index contributed by atoms with van der Waals surface area (Å²) in [5, 5.41) is 6.91. The maximum atomic E-state index is 13.3. The maximum absolute atomic E-state index is 13.3. The van der Waals surface area contributed by atoms with Gasteiger partial charge in [-0.05, 0) is 57.7 Å². The van der Waals surface area contributed by atoms with Crippen molar-refractivity contribution >= 4 is 23.0 Å². The van der Waals surface area contributed by atoms with Crippen molar-refractivity contribution in [2.45, 2.75) is 81.5 Å². The summed E-state index contributed by atoms with van der Waals surface area (Å²) in [5.74, 6) is -0.0148. The van der Waals surface area contributed by atoms with Crippen molar-refractivity contribution in [3.05, 3.63) is 23.8 Å². The second-order valence-electron chi connectivity index (χ2n) is 10.5. The zero-order chi connectivity index (χ0) is 21.7. The molecular weight excluding hydrogens is 402 g/mol. The highest BCUT2D eigenvalue weighted by molar-refractivity contribution is 6.04. The molecule has 7 nitrogen and oxygen atoms in total. The molecule has 2 bridgehead atoms. The molecule has 172 valence electrons. The Morgan fingerprint density at radius 3 is 2.75 bits per heavy atom. The average Bonchev–Trinajstić information content (AvgIpc) is 3.42. The van der Waals surface area contributed by atoms with Crippen LogP contribution >= 0.6 is 0 Å². The number of carbonyl (C=O) groups is 1. The molecule has 2 N–H and O–H groups in total. The number of piperazine rings is 1. The molecule has 32 heavy (non-hydrogen) atoms. The van der Waals surface area contributed by atoms with Crippen LogP contribution in [0.1, 0.15) is 68.1 Å². The van der Waals surface area contributed by atoms with Gasteiger partial charge in [-0.15, -0.1) is 0 Å². The molecule has 6 rings (SSSR count). The van der Waals surface area contributed by atoms with Gasteiger partial charge in [-0.2, -0.15) is 4.98 Å². The van der Waals surface area contributed by atoms with Crippen molar-refractivity contribution in [2.75, 3.05) is 31.6 Å². The van der Waals surface area contributed by atoms with E-state index in [1.165, 1.54) is 44.9 Å². The van der Waals surface area contributed by atoms with Gasteiger partial charge in [-0.25, -0.2) is 0 Å². The summed E-state index contributed by atoms with van der Waals surface area (Å²) in [6, 6.07) is 7.85. The molecule has 2 atom stereocenters. The van der Waals surface area contributed by atoms with Gasteiger partial charge < -0.3 is 24.9 Å². The van der Waals surface area contributed by atoms with E-state index in [0.717, 1.165) is 32.5 Å². The minimum absolute atomic E-state index is 0.0148. The number of nitrogens with zero attached hydrogens (tertiary/aromatic N) is 3. The Labute approximate surface area is 189 Å². The normalized spacial score (nSPS) is 30.2. The molecule has 4 heterocycles. The molecule has 1 spiro atoms. The molecule has 1 aliphatic carbocycles. The SMILES string of the molecule is CN1C2CCCC1CC(NC(=O)c1cccc3oc(N4CCNCC45CCCC5)nc13)C2. The summed E-state index contributed by atoms with van der Waals surface area (Å²) in [4.78, 5) is 23.1. The molecule has 2 unspecified atom stereocenters. The lowest BCUT2D eigenvalue weighted by molar-refractivity contribution is 0.0463. The Bertz CT molecular complexity index is 983. The van der Waals surface area contributed by atoms with Gasteiger partial charge >= 0.3 is 0 Å². The van der Waals surface area contributed by atoms with E-state index in [2.05, 4.69) is 27.5 Å². The van der Waals surface area contributed by atoms with E-state index in [1.54, 1.807) is 0 Å². The van der Waals surface area contributed by atoms with Crippen LogP contribution in [0.15, 0.2) is 22.6 Å². The van der Waals surface area contributed by atoms with E-state index in [1.807, 2.05) is 18.2 Å². The first-order valence-electron chi connectivity index (χ1n) is 12.5. The topological polar surface area (TPSA) is 73.6 Å². The van der Waals surface area contributed by atoms with Gasteiger partial charge in [-0.3, -0.25) is 4.79 Å². The predicted molar refractivity (Wildman–Crippen MR) is 125 cm³/mol. The molecule has 7 heteroatoms. The zero-order valence-corrected chi connectivity index (χ0v) is 19.1. The lowest BCUT2D eigenvalue weighted by Crippen LogP contribution is -2.60. The van der Waals surface area contributed by atoms with Crippen LogP contribution in [0, 0.1) is 0 Å². The summed E-state index contributed by atoms with van der Waals surface area (Å²) in [6.45, 7) is 2.82. The molecule has 4 fully saturated rings. The van der Waals surface area contributed by atoms with Crippen molar-refractivity contribution in [3.8, 4) is 0 Å². The summed E-state index contributed by atoms with van der Waals surface area (Å²) in [6.07, 6.45) is 10.7. The van der Waals surface area contributed by atoms with Crippen molar-refractivity contribution in [3.63, 3.8) is 0 Å². The number of nitrogens with one attached hydrogen (secondary N) is 2. The molecule has 3 saturated heterocycles. The van der Waals surface area contributed by atoms with E-state index < -0.39 is 0 Å². The standard InChI is InChI=1S/C25H35N5O2/c1-29-18-6-4-7-19(29)15-17(14-18)27-23(31)20-8-5-9-21-22(20)28-24(32-21)30-13-12-26-16-25(30)10-2-3-11-25/h5,8-9,17-19,26H,2-4,6-7,10-16H2,1H3,(H,27,31). The molecule has 2 aromatic rings. The van der Waals surface area contributed by atoms with Crippen molar-refractivity contribution < 1.29 is 9.21 Å². The van der Waals surface area contributed by atoms with Crippen LogP contribution in [0.25, 0.3) is 11.1 Å². The van der Waals surface area contributed by atoms with Gasteiger partial charge in [0, 0.05) is 37.8 Å². The summed E-state index contributed by atoms with van der Waals surface area (Å²) in [5.41, 5.74) is 2.14. The van der Waals surface area contributed by atoms with Crippen LogP contribution < -0.4 is 15.5 Å². The summed E-state index contributed by atoms with van der Waals surface area (Å²) in [7, 11) is 2.25. The highest BCUT2D eigenvalue weighted by Crippen LogP contribution is 2.40. The largest absolute Gasteiger partial charge is 0.423 e. The van der Waals surface area contributed by atoms with Crippen molar-refractivity contribution in [1.29, 1.82) is 0 Å². The van der Waals surface area contributed by atoms with Gasteiger partial charge in [0.25, 0.3) is 11.9 Å². The number of carbonyl (C=O) groups excluding carboxylic acids is 1. The minimum atomic E-state index is -0.0148. The van der Waals surface area contributed by atoms with Gasteiger partial charge in [0.1, 0.15) is 5.52 Å². The number of benzene rings is 1. The van der Waals surface area contributed by atoms with Crippen LogP contribution in [0.4, 0.5) is 6.01 Å². The summed E-state index contributed by atoms with van der Waals surface area (Å²) >= 11 is 0. The van der Waals surface area contributed by atoms with Gasteiger partial charge in [0.05, 0.1) is 11.1 Å². The first kappa shape index (κ1) is 20.5. The first-order valence-corrected chi connectivity index (χ1v) is 12.5. The number of para-hydroxylation sites is 1. The third-order valence-corrected chi connectivity index (χ3v) is 8.63. The van der Waals surface area contributed by atoms with E-state index in [-0.39, 0.29) is 17.5 Å². The fourth-order valence-electron chi connectivity index (χ4n) is 6.86.